The highest BCUT2D eigenvalue weighted by atomic mass is 31.2. The van der Waals surface area contributed by atoms with Gasteiger partial charge in [0.1, 0.15) is 19.3 Å². The number of esters is 4. The molecule has 0 aromatic rings. The van der Waals surface area contributed by atoms with Crippen molar-refractivity contribution in [2.75, 3.05) is 39.6 Å². The first-order chi connectivity index (χ1) is 52.7. The van der Waals surface area contributed by atoms with Crippen LogP contribution in [0.5, 0.6) is 0 Å². The molecule has 0 aliphatic rings. The molecule has 5 unspecified atom stereocenters. The number of allylic oxidation sites excluding steroid dienone is 24. The largest absolute Gasteiger partial charge is 0.472 e. The number of carbonyl (C=O) groups excluding carboxylic acids is 4. The monoisotopic (exact) mass is 1550 g/mol. The van der Waals surface area contributed by atoms with Crippen LogP contribution in [0, 0.1) is 0 Å². The summed E-state index contributed by atoms with van der Waals surface area (Å²) in [5.41, 5.74) is 0. The van der Waals surface area contributed by atoms with E-state index in [9.17, 15) is 43.2 Å². The van der Waals surface area contributed by atoms with Gasteiger partial charge in [0, 0.05) is 25.7 Å². The van der Waals surface area contributed by atoms with E-state index in [1.165, 1.54) is 64.2 Å². The van der Waals surface area contributed by atoms with Gasteiger partial charge in [-0.3, -0.25) is 37.3 Å². The Morgan fingerprint density at radius 3 is 0.741 bits per heavy atom. The second-order valence-electron chi connectivity index (χ2n) is 27.6. The summed E-state index contributed by atoms with van der Waals surface area (Å²) >= 11 is 0. The van der Waals surface area contributed by atoms with Gasteiger partial charge in [-0.05, 0) is 141 Å². The number of aliphatic hydroxyl groups excluding tert-OH is 1. The summed E-state index contributed by atoms with van der Waals surface area (Å²) in [6, 6.07) is 0. The van der Waals surface area contributed by atoms with Crippen LogP contribution in [0.2, 0.25) is 0 Å². The minimum atomic E-state index is -5.00. The molecule has 5 atom stereocenters. The van der Waals surface area contributed by atoms with E-state index in [2.05, 4.69) is 174 Å². The van der Waals surface area contributed by atoms with E-state index >= 15 is 0 Å². The molecule has 0 fully saturated rings. The van der Waals surface area contributed by atoms with E-state index in [1.54, 1.807) is 0 Å². The number of unbranched alkanes of at least 4 members (excludes halogenated alkanes) is 28. The van der Waals surface area contributed by atoms with Gasteiger partial charge in [0.15, 0.2) is 12.2 Å². The van der Waals surface area contributed by atoms with Gasteiger partial charge in [-0.15, -0.1) is 0 Å². The molecule has 3 N–H and O–H groups in total. The average molecular weight is 1550 g/mol. The third kappa shape index (κ3) is 79.0. The van der Waals surface area contributed by atoms with Crippen molar-refractivity contribution >= 4 is 39.5 Å². The summed E-state index contributed by atoms with van der Waals surface area (Å²) in [4.78, 5) is 73.2. The fourth-order valence-electron chi connectivity index (χ4n) is 11.0. The molecule has 0 radical (unpaired) electrons. The van der Waals surface area contributed by atoms with Crippen LogP contribution in [0.1, 0.15) is 336 Å². The third-order valence-electron chi connectivity index (χ3n) is 17.3. The molecule has 0 spiro atoms. The van der Waals surface area contributed by atoms with Gasteiger partial charge in [-0.2, -0.15) is 0 Å². The van der Waals surface area contributed by atoms with Crippen molar-refractivity contribution in [3.05, 3.63) is 146 Å². The Hall–Kier alpha value is -5.06. The van der Waals surface area contributed by atoms with Gasteiger partial charge in [-0.1, -0.05) is 315 Å². The lowest BCUT2D eigenvalue weighted by atomic mass is 10.0. The molecule has 0 heterocycles. The van der Waals surface area contributed by atoms with E-state index < -0.39 is 97.5 Å². The van der Waals surface area contributed by atoms with Crippen LogP contribution >= 0.6 is 15.6 Å². The van der Waals surface area contributed by atoms with Crippen molar-refractivity contribution in [2.45, 2.75) is 354 Å². The van der Waals surface area contributed by atoms with Crippen molar-refractivity contribution in [1.82, 2.24) is 0 Å². The lowest BCUT2D eigenvalue weighted by molar-refractivity contribution is -0.161. The van der Waals surface area contributed by atoms with Crippen LogP contribution in [-0.4, -0.2) is 96.7 Å². The highest BCUT2D eigenvalue weighted by molar-refractivity contribution is 7.47. The number of carbonyl (C=O) groups is 4. The Morgan fingerprint density at radius 1 is 0.269 bits per heavy atom. The minimum Gasteiger partial charge on any atom is -0.462 e. The number of phosphoric acid groups is 2. The number of ether oxygens (including phenoxy) is 4. The normalized spacial score (nSPS) is 14.5. The summed E-state index contributed by atoms with van der Waals surface area (Å²) in [5.74, 6) is -2.24. The third-order valence-corrected chi connectivity index (χ3v) is 19.2. The van der Waals surface area contributed by atoms with Gasteiger partial charge >= 0.3 is 39.5 Å². The SMILES string of the molecule is CC/C=C\C/C=C\C/C=C\C/C=C\CCCCCCCCC(=O)OCC(COP(=O)(O)OCC(O)COP(=O)(O)OCC(COC(=O)CCCCCC/C=C\C/C=C\C/C=C\C/C=C\CC)OC(=O)CCCCCCCCCCCCCCCCC)OC(=O)CCCCCC/C=C\C/C=C\C/C=C\C/C=C\CC. The summed E-state index contributed by atoms with van der Waals surface area (Å²) in [6.45, 7) is 4.50. The first kappa shape index (κ1) is 103. The molecule has 0 aliphatic heterocycles. The number of phosphoric ester groups is 2. The predicted octanol–water partition coefficient (Wildman–Crippen LogP) is 25.0. The van der Waals surface area contributed by atoms with Gasteiger partial charge < -0.3 is 33.8 Å². The summed E-state index contributed by atoms with van der Waals surface area (Å²) in [6.07, 6.45) is 92.3. The Kier molecular flexibility index (Phi) is 76.3. The lowest BCUT2D eigenvalue weighted by Gasteiger charge is -2.21. The maximum absolute atomic E-state index is 13.1. The van der Waals surface area contributed by atoms with Gasteiger partial charge in [0.2, 0.25) is 0 Å². The van der Waals surface area contributed by atoms with Gasteiger partial charge in [0.05, 0.1) is 26.4 Å². The molecule has 0 saturated carbocycles. The summed E-state index contributed by atoms with van der Waals surface area (Å²) in [7, 11) is -9.99. The summed E-state index contributed by atoms with van der Waals surface area (Å²) in [5, 5.41) is 10.7. The Morgan fingerprint density at radius 2 is 0.481 bits per heavy atom. The maximum atomic E-state index is 13.1. The molecule has 618 valence electrons. The molecule has 0 aromatic heterocycles. The van der Waals surface area contributed by atoms with Crippen LogP contribution in [-0.2, 0) is 65.4 Å². The van der Waals surface area contributed by atoms with E-state index in [0.29, 0.717) is 25.7 Å². The zero-order valence-electron chi connectivity index (χ0n) is 67.7. The molecule has 0 aliphatic carbocycles. The highest BCUT2D eigenvalue weighted by Crippen LogP contribution is 2.45. The minimum absolute atomic E-state index is 0.0594. The van der Waals surface area contributed by atoms with Crippen LogP contribution in [0.4, 0.5) is 0 Å². The first-order valence-corrected chi connectivity index (χ1v) is 45.1. The van der Waals surface area contributed by atoms with E-state index in [4.69, 9.17) is 37.0 Å². The fourth-order valence-corrected chi connectivity index (χ4v) is 12.6. The van der Waals surface area contributed by atoms with Crippen molar-refractivity contribution in [2.24, 2.45) is 0 Å². The molecule has 0 bridgehead atoms. The molecular formula is C89H150O17P2. The van der Waals surface area contributed by atoms with Gasteiger partial charge in [-0.25, -0.2) is 9.13 Å². The molecule has 0 amide bonds. The lowest BCUT2D eigenvalue weighted by Crippen LogP contribution is -2.30. The fraction of sp³-hybridized carbons (Fsp3) is 0.685. The van der Waals surface area contributed by atoms with E-state index in [-0.39, 0.29) is 25.7 Å². The first-order valence-electron chi connectivity index (χ1n) is 42.1. The molecule has 108 heavy (non-hydrogen) atoms. The van der Waals surface area contributed by atoms with Gasteiger partial charge in [0.25, 0.3) is 0 Å². The van der Waals surface area contributed by atoms with Crippen molar-refractivity contribution < 1.29 is 80.2 Å². The van der Waals surface area contributed by atoms with Crippen LogP contribution in [0.3, 0.4) is 0 Å². The van der Waals surface area contributed by atoms with Crippen molar-refractivity contribution in [3.8, 4) is 0 Å². The maximum Gasteiger partial charge on any atom is 0.472 e. The van der Waals surface area contributed by atoms with E-state index in [1.807, 2.05) is 0 Å². The Bertz CT molecular complexity index is 2610. The van der Waals surface area contributed by atoms with Crippen molar-refractivity contribution in [3.63, 3.8) is 0 Å². The number of rotatable bonds is 78. The number of hydrogen-bond acceptors (Lipinski definition) is 15. The van der Waals surface area contributed by atoms with E-state index in [0.717, 1.165) is 193 Å². The van der Waals surface area contributed by atoms with Crippen LogP contribution in [0.15, 0.2) is 146 Å². The standard InChI is InChI=1S/C89H150O17P2/c1-5-9-13-17-21-25-29-33-37-40-41-44-47-50-54-58-62-66-70-74-87(92)100-80-85(106-89(94)76-72-68-64-60-56-52-48-43-39-35-31-27-23-19-15-11-7-3)82-104-108(97,98)102-78-83(90)77-101-107(95,96)103-81-84(105-88(93)75-71-67-63-59-55-51-45-36-32-28-24-20-16-12-8-4)79-99-86(91)73-69-65-61-57-53-49-46-42-38-34-30-26-22-18-14-10-6-2/h9-11,13-15,21-23,25-27,33-35,37-39,41,44,46,48-49,52,83-85,90H,5-8,12,16-20,24,28-32,36,40,42-43,45,47,50-51,53-82H2,1-4H3,(H,95,96)(H,97,98)/b13-9-,14-10-,15-11-,25-21-,26-22-,27-23-,37-33-,38-34-,39-35-,44-41-,49-46-,52-48-. The second-order valence-corrected chi connectivity index (χ2v) is 30.5. The quantitative estimate of drug-likeness (QED) is 0.0169. The highest BCUT2D eigenvalue weighted by Gasteiger charge is 2.30. The summed E-state index contributed by atoms with van der Waals surface area (Å²) < 4.78 is 68.8. The van der Waals surface area contributed by atoms with Crippen molar-refractivity contribution in [1.29, 1.82) is 0 Å². The molecule has 0 aromatic carbocycles. The van der Waals surface area contributed by atoms with Crippen LogP contribution < -0.4 is 0 Å². The smallest absolute Gasteiger partial charge is 0.462 e. The molecule has 17 nitrogen and oxygen atoms in total. The number of aliphatic hydroxyl groups is 1. The Balaban J connectivity index is 5.43. The zero-order valence-corrected chi connectivity index (χ0v) is 69.5. The zero-order chi connectivity index (χ0) is 78.9. The molecule has 0 saturated heterocycles. The second kappa shape index (κ2) is 80.0. The predicted molar refractivity (Wildman–Crippen MR) is 445 cm³/mol. The average Bonchev–Trinajstić information content (AvgIpc) is 0.906. The Labute approximate surface area is 656 Å². The molecular weight excluding hydrogens is 1400 g/mol. The molecule has 0 rings (SSSR count). The van der Waals surface area contributed by atoms with Crippen LogP contribution in [0.25, 0.3) is 0 Å². The topological polar surface area (TPSA) is 237 Å². The number of hydrogen-bond donors (Lipinski definition) is 3. The molecule has 19 heteroatoms.